The second kappa shape index (κ2) is 5.67. The summed E-state index contributed by atoms with van der Waals surface area (Å²) in [7, 11) is 0. The van der Waals surface area contributed by atoms with Crippen molar-refractivity contribution in [1.29, 1.82) is 0 Å². The molecule has 2 rings (SSSR count). The van der Waals surface area contributed by atoms with Gasteiger partial charge in [-0.1, -0.05) is 62.4 Å². The number of aryl methyl sites for hydroxylation is 2. The largest absolute Gasteiger partial charge is 0.0620 e. The van der Waals surface area contributed by atoms with E-state index in [0.29, 0.717) is 0 Å². The molecule has 0 aliphatic heterocycles. The Bertz CT molecular complexity index is 437. The fraction of sp³-hybridized carbons (Fsp3) is 0.235. The summed E-state index contributed by atoms with van der Waals surface area (Å²) in [4.78, 5) is 0. The molecule has 0 N–H and O–H groups in total. The Morgan fingerprint density at radius 1 is 0.706 bits per heavy atom. The van der Waals surface area contributed by atoms with Crippen LogP contribution in [0.15, 0.2) is 48.5 Å². The van der Waals surface area contributed by atoms with Crippen molar-refractivity contribution >= 4 is 0 Å². The average Bonchev–Trinajstić information content (AvgIpc) is 2.40. The van der Waals surface area contributed by atoms with Gasteiger partial charge in [0.15, 0.2) is 0 Å². The Labute approximate surface area is 104 Å². The van der Waals surface area contributed by atoms with Crippen LogP contribution in [0.4, 0.5) is 0 Å². The molecule has 17 heavy (non-hydrogen) atoms. The van der Waals surface area contributed by atoms with Gasteiger partial charge < -0.3 is 0 Å². The van der Waals surface area contributed by atoms with Gasteiger partial charge in [-0.05, 0) is 35.1 Å². The van der Waals surface area contributed by atoms with Crippen LogP contribution in [0.1, 0.15) is 36.1 Å². The van der Waals surface area contributed by atoms with Crippen LogP contribution >= 0.6 is 0 Å². The van der Waals surface area contributed by atoms with Crippen molar-refractivity contribution in [3.8, 4) is 0 Å². The maximum absolute atomic E-state index is 2.30. The maximum atomic E-state index is 2.30. The van der Waals surface area contributed by atoms with E-state index in [1.165, 1.54) is 22.3 Å². The molecule has 0 unspecified atom stereocenters. The van der Waals surface area contributed by atoms with Gasteiger partial charge in [-0.3, -0.25) is 0 Å². The smallest absolute Gasteiger partial charge is 0.0204 e. The van der Waals surface area contributed by atoms with Crippen LogP contribution in [0, 0.1) is 6.42 Å². The van der Waals surface area contributed by atoms with Crippen LogP contribution in [0.25, 0.3) is 0 Å². The first-order valence-corrected chi connectivity index (χ1v) is 6.35. The fourth-order valence-electron chi connectivity index (χ4n) is 2.16. The first-order valence-electron chi connectivity index (χ1n) is 6.35. The maximum Gasteiger partial charge on any atom is 0.0204 e. The van der Waals surface area contributed by atoms with Gasteiger partial charge in [0.2, 0.25) is 0 Å². The second-order valence-corrected chi connectivity index (χ2v) is 4.25. The number of rotatable bonds is 4. The number of benzene rings is 2. The summed E-state index contributed by atoms with van der Waals surface area (Å²) in [5.74, 6) is 0. The highest BCUT2D eigenvalue weighted by atomic mass is 14.1. The minimum Gasteiger partial charge on any atom is -0.0620 e. The molecule has 0 bridgehead atoms. The Hall–Kier alpha value is -1.56. The van der Waals surface area contributed by atoms with Gasteiger partial charge in [0.1, 0.15) is 0 Å². The third kappa shape index (κ3) is 2.76. The average molecular weight is 223 g/mol. The monoisotopic (exact) mass is 223 g/mol. The number of hydrogen-bond donors (Lipinski definition) is 0. The summed E-state index contributed by atoms with van der Waals surface area (Å²) in [6.07, 6.45) is 4.47. The third-order valence-corrected chi connectivity index (χ3v) is 3.18. The van der Waals surface area contributed by atoms with Crippen molar-refractivity contribution in [3.05, 3.63) is 77.2 Å². The molecule has 0 aromatic heterocycles. The standard InChI is InChI=1S/C17H19/c1-3-14-9-5-7-11-16(14)13-17-12-8-6-10-15(17)4-2/h5-13H,3-4H2,1-2H3. The predicted molar refractivity (Wildman–Crippen MR) is 74.1 cm³/mol. The fourth-order valence-corrected chi connectivity index (χ4v) is 2.16. The van der Waals surface area contributed by atoms with E-state index in [0.717, 1.165) is 12.8 Å². The first-order chi connectivity index (χ1) is 8.35. The molecule has 0 heteroatoms. The first kappa shape index (κ1) is 11.9. The summed E-state index contributed by atoms with van der Waals surface area (Å²) in [5.41, 5.74) is 5.52. The predicted octanol–water partition coefficient (Wildman–Crippen LogP) is 4.41. The van der Waals surface area contributed by atoms with Crippen LogP contribution in [0.2, 0.25) is 0 Å². The van der Waals surface area contributed by atoms with Crippen LogP contribution in [0.3, 0.4) is 0 Å². The SMILES string of the molecule is CCc1ccccc1[CH]c1ccccc1CC. The van der Waals surface area contributed by atoms with E-state index < -0.39 is 0 Å². The molecule has 0 aliphatic rings. The lowest BCUT2D eigenvalue weighted by Gasteiger charge is -2.10. The van der Waals surface area contributed by atoms with Crippen molar-refractivity contribution in [2.45, 2.75) is 26.7 Å². The zero-order valence-electron chi connectivity index (χ0n) is 10.6. The minimum atomic E-state index is 1.08. The van der Waals surface area contributed by atoms with Crippen molar-refractivity contribution in [1.82, 2.24) is 0 Å². The molecule has 0 nitrogen and oxygen atoms in total. The molecule has 2 aromatic rings. The molecule has 0 atom stereocenters. The van der Waals surface area contributed by atoms with Gasteiger partial charge in [-0.2, -0.15) is 0 Å². The summed E-state index contributed by atoms with van der Waals surface area (Å²) in [5, 5.41) is 0. The quantitative estimate of drug-likeness (QED) is 0.720. The third-order valence-electron chi connectivity index (χ3n) is 3.18. The molecule has 0 spiro atoms. The van der Waals surface area contributed by atoms with Crippen LogP contribution in [-0.4, -0.2) is 0 Å². The van der Waals surface area contributed by atoms with Gasteiger partial charge in [0, 0.05) is 6.42 Å². The van der Waals surface area contributed by atoms with Crippen molar-refractivity contribution in [3.63, 3.8) is 0 Å². The Morgan fingerprint density at radius 3 is 1.53 bits per heavy atom. The topological polar surface area (TPSA) is 0 Å². The van der Waals surface area contributed by atoms with E-state index in [-0.39, 0.29) is 0 Å². The highest BCUT2D eigenvalue weighted by Crippen LogP contribution is 2.20. The van der Waals surface area contributed by atoms with E-state index in [9.17, 15) is 0 Å². The van der Waals surface area contributed by atoms with Crippen LogP contribution < -0.4 is 0 Å². The van der Waals surface area contributed by atoms with Gasteiger partial charge >= 0.3 is 0 Å². The lowest BCUT2D eigenvalue weighted by atomic mass is 9.95. The van der Waals surface area contributed by atoms with E-state index >= 15 is 0 Å². The molecule has 0 fully saturated rings. The molecular weight excluding hydrogens is 204 g/mol. The molecule has 0 aliphatic carbocycles. The summed E-state index contributed by atoms with van der Waals surface area (Å²) in [6.45, 7) is 4.41. The minimum absolute atomic E-state index is 1.08. The number of hydrogen-bond acceptors (Lipinski definition) is 0. The molecule has 1 radical (unpaired) electrons. The molecule has 0 saturated carbocycles. The van der Waals surface area contributed by atoms with Crippen molar-refractivity contribution in [2.75, 3.05) is 0 Å². The summed E-state index contributed by atoms with van der Waals surface area (Å²) in [6, 6.07) is 17.3. The summed E-state index contributed by atoms with van der Waals surface area (Å²) < 4.78 is 0. The molecule has 0 heterocycles. The molecular formula is C17H19. The molecule has 87 valence electrons. The van der Waals surface area contributed by atoms with Crippen LogP contribution in [0.5, 0.6) is 0 Å². The van der Waals surface area contributed by atoms with Crippen molar-refractivity contribution in [2.24, 2.45) is 0 Å². The van der Waals surface area contributed by atoms with E-state index in [2.05, 4.69) is 68.8 Å². The zero-order valence-corrected chi connectivity index (χ0v) is 10.6. The van der Waals surface area contributed by atoms with E-state index in [4.69, 9.17) is 0 Å². The molecule has 0 saturated heterocycles. The van der Waals surface area contributed by atoms with Crippen molar-refractivity contribution < 1.29 is 0 Å². The lowest BCUT2D eigenvalue weighted by molar-refractivity contribution is 1.09. The van der Waals surface area contributed by atoms with Crippen LogP contribution in [-0.2, 0) is 12.8 Å². The van der Waals surface area contributed by atoms with E-state index in [1.54, 1.807) is 0 Å². The second-order valence-electron chi connectivity index (χ2n) is 4.25. The zero-order chi connectivity index (χ0) is 12.1. The molecule has 2 aromatic carbocycles. The highest BCUT2D eigenvalue weighted by molar-refractivity contribution is 5.45. The highest BCUT2D eigenvalue weighted by Gasteiger charge is 2.04. The van der Waals surface area contributed by atoms with Gasteiger partial charge in [0.25, 0.3) is 0 Å². The Morgan fingerprint density at radius 2 is 1.12 bits per heavy atom. The normalized spacial score (nSPS) is 10.5. The van der Waals surface area contributed by atoms with Gasteiger partial charge in [-0.25, -0.2) is 0 Å². The van der Waals surface area contributed by atoms with Gasteiger partial charge in [-0.15, -0.1) is 0 Å². The lowest BCUT2D eigenvalue weighted by Crippen LogP contribution is -1.95. The van der Waals surface area contributed by atoms with Gasteiger partial charge in [0.05, 0.1) is 0 Å². The summed E-state index contributed by atoms with van der Waals surface area (Å²) >= 11 is 0. The van der Waals surface area contributed by atoms with E-state index in [1.807, 2.05) is 0 Å². The molecule has 0 amide bonds. The Kier molecular flexibility index (Phi) is 3.98. The Balaban J connectivity index is 2.31.